The highest BCUT2D eigenvalue weighted by Crippen LogP contribution is 2.46. The van der Waals surface area contributed by atoms with Crippen LogP contribution in [0.15, 0.2) is 255 Å². The maximum absolute atomic E-state index is 12.2. The first-order chi connectivity index (χ1) is 37.7. The van der Waals surface area contributed by atoms with Gasteiger partial charge in [-0.05, 0) is 111 Å². The number of hydrogen-bond donors (Lipinski definition) is 0. The summed E-state index contributed by atoms with van der Waals surface area (Å²) in [5.41, 5.74) is 21.7. The zero-order chi connectivity index (χ0) is 50.3. The first-order valence-electron chi connectivity index (χ1n) is 25.8. The Hall–Kier alpha value is -10.3. The fourth-order valence-corrected chi connectivity index (χ4v) is 11.8. The van der Waals surface area contributed by atoms with E-state index in [0.29, 0.717) is 12.0 Å². The summed E-state index contributed by atoms with van der Waals surface area (Å²) in [7, 11) is 0. The van der Waals surface area contributed by atoms with Gasteiger partial charge in [0.25, 0.3) is 0 Å². The SMILES string of the molecule is N#Cc1c(C2C=CC=CC2)c(-n2c3ccc(-c4ccccc4)cc3n3c4cc(-c5ccccc5)ccc4nc23)cc(-c2ccccc2)c1-n1c2ccc(-c3ccccc3)cc2n2c3cc(-c4ccccc4)ccc3nc12. The van der Waals surface area contributed by atoms with E-state index < -0.39 is 0 Å². The molecule has 0 N–H and O–H groups in total. The number of aromatic nitrogens is 6. The lowest BCUT2D eigenvalue weighted by molar-refractivity contribution is 0.836. The average Bonchev–Trinajstić information content (AvgIpc) is 4.27. The monoisotopic (exact) mass is 971 g/mol. The lowest BCUT2D eigenvalue weighted by Crippen LogP contribution is -2.13. The average molecular weight is 972 g/mol. The van der Waals surface area contributed by atoms with Crippen LogP contribution in [0.5, 0.6) is 0 Å². The molecule has 4 aromatic heterocycles. The first kappa shape index (κ1) is 43.3. The van der Waals surface area contributed by atoms with Crippen LogP contribution in [0.25, 0.3) is 123 Å². The second kappa shape index (κ2) is 17.4. The van der Waals surface area contributed by atoms with Crippen LogP contribution in [0.1, 0.15) is 23.5 Å². The Kier molecular flexibility index (Phi) is 9.94. The molecule has 7 heteroatoms. The molecule has 0 saturated heterocycles. The minimum Gasteiger partial charge on any atom is -0.278 e. The molecular weight excluding hydrogens is 927 g/mol. The van der Waals surface area contributed by atoms with Crippen molar-refractivity contribution in [3.63, 3.8) is 0 Å². The van der Waals surface area contributed by atoms with Gasteiger partial charge in [-0.3, -0.25) is 17.9 Å². The van der Waals surface area contributed by atoms with Crippen LogP contribution in [-0.2, 0) is 0 Å². The minimum atomic E-state index is -0.150. The van der Waals surface area contributed by atoms with Crippen molar-refractivity contribution in [3.05, 3.63) is 266 Å². The molecule has 0 amide bonds. The van der Waals surface area contributed by atoms with E-state index in [0.717, 1.165) is 128 Å². The maximum Gasteiger partial charge on any atom is 0.220 e. The third kappa shape index (κ3) is 6.82. The molecule has 0 saturated carbocycles. The molecule has 0 bridgehead atoms. The molecule has 7 nitrogen and oxygen atoms in total. The van der Waals surface area contributed by atoms with Gasteiger partial charge in [0.05, 0.1) is 61.1 Å². The summed E-state index contributed by atoms with van der Waals surface area (Å²) >= 11 is 0. The van der Waals surface area contributed by atoms with Crippen LogP contribution >= 0.6 is 0 Å². The maximum atomic E-state index is 12.2. The van der Waals surface area contributed by atoms with E-state index in [1.54, 1.807) is 0 Å². The lowest BCUT2D eigenvalue weighted by Gasteiger charge is -2.25. The van der Waals surface area contributed by atoms with Crippen molar-refractivity contribution >= 4 is 55.7 Å². The smallest absolute Gasteiger partial charge is 0.220 e. The van der Waals surface area contributed by atoms with E-state index in [9.17, 15) is 5.26 Å². The summed E-state index contributed by atoms with van der Waals surface area (Å²) < 4.78 is 9.19. The summed E-state index contributed by atoms with van der Waals surface area (Å²) in [6.45, 7) is 0. The van der Waals surface area contributed by atoms with Gasteiger partial charge in [0.15, 0.2) is 0 Å². The Morgan fingerprint density at radius 2 is 0.816 bits per heavy atom. The van der Waals surface area contributed by atoms with E-state index in [2.05, 4.69) is 279 Å². The number of nitriles is 1. The molecule has 0 aliphatic heterocycles. The van der Waals surface area contributed by atoms with E-state index in [4.69, 9.17) is 9.97 Å². The van der Waals surface area contributed by atoms with Gasteiger partial charge in [-0.2, -0.15) is 5.26 Å². The van der Waals surface area contributed by atoms with Gasteiger partial charge in [-0.1, -0.05) is 200 Å². The van der Waals surface area contributed by atoms with Gasteiger partial charge in [0, 0.05) is 17.0 Å². The van der Waals surface area contributed by atoms with Crippen molar-refractivity contribution in [1.82, 2.24) is 27.9 Å². The third-order valence-electron chi connectivity index (χ3n) is 15.3. The fourth-order valence-electron chi connectivity index (χ4n) is 11.8. The standard InChI is InChI=1S/C69H45N7/c70-44-56-66(50-29-17-6-18-30-50)65(73-59-37-33-53(47-23-11-3-12-24-47)41-63(59)74-61-39-51(45-19-7-1-8-20-45)31-35-57(61)71-68(73)74)43-55(49-27-15-5-16-28-49)67(56)76-60-38-34-54(48-25-13-4-14-26-48)42-64(60)75-62-40-52(46-21-9-2-10-22-46)32-36-58(62)72-69(75)76/h1-29,31-43,50H,30H2. The molecule has 1 atom stereocenters. The Morgan fingerprint density at radius 1 is 0.395 bits per heavy atom. The molecule has 10 aromatic carbocycles. The van der Waals surface area contributed by atoms with Gasteiger partial charge in [-0.15, -0.1) is 0 Å². The molecule has 0 fully saturated rings. The van der Waals surface area contributed by atoms with Gasteiger partial charge >= 0.3 is 0 Å². The summed E-state index contributed by atoms with van der Waals surface area (Å²) in [4.78, 5) is 11.1. The van der Waals surface area contributed by atoms with E-state index >= 15 is 0 Å². The summed E-state index contributed by atoms with van der Waals surface area (Å²) in [5, 5.41) is 12.2. The Balaban J connectivity index is 1.08. The predicted molar refractivity (Wildman–Crippen MR) is 310 cm³/mol. The molecule has 1 aliphatic rings. The number of hydrogen-bond acceptors (Lipinski definition) is 3. The molecule has 4 heterocycles. The van der Waals surface area contributed by atoms with Crippen LogP contribution < -0.4 is 0 Å². The highest BCUT2D eigenvalue weighted by Gasteiger charge is 2.31. The molecule has 1 unspecified atom stereocenters. The number of imidazole rings is 4. The normalized spacial score (nSPS) is 13.5. The van der Waals surface area contributed by atoms with E-state index in [-0.39, 0.29) is 5.92 Å². The molecule has 14 aromatic rings. The van der Waals surface area contributed by atoms with Gasteiger partial charge in [0.2, 0.25) is 11.6 Å². The topological polar surface area (TPSA) is 68.2 Å². The third-order valence-corrected chi connectivity index (χ3v) is 15.3. The Bertz CT molecular complexity index is 4700. The number of fused-ring (bicyclic) bond motifs is 10. The van der Waals surface area contributed by atoms with E-state index in [1.165, 1.54) is 0 Å². The molecule has 0 radical (unpaired) electrons. The zero-order valence-electron chi connectivity index (χ0n) is 41.2. The largest absolute Gasteiger partial charge is 0.278 e. The minimum absolute atomic E-state index is 0.150. The molecule has 356 valence electrons. The van der Waals surface area contributed by atoms with Crippen molar-refractivity contribution in [1.29, 1.82) is 5.26 Å². The van der Waals surface area contributed by atoms with Crippen LogP contribution in [-0.4, -0.2) is 27.9 Å². The summed E-state index contributed by atoms with van der Waals surface area (Å²) in [6, 6.07) is 84.4. The van der Waals surface area contributed by atoms with Crippen LogP contribution in [0, 0.1) is 11.3 Å². The number of allylic oxidation sites excluding steroid dienone is 4. The quantitative estimate of drug-likeness (QED) is 0.152. The van der Waals surface area contributed by atoms with Gasteiger partial charge in [-0.25, -0.2) is 9.97 Å². The second-order valence-corrected chi connectivity index (χ2v) is 19.7. The summed E-state index contributed by atoms with van der Waals surface area (Å²) in [6.07, 6.45) is 9.40. The second-order valence-electron chi connectivity index (χ2n) is 19.7. The van der Waals surface area contributed by atoms with Crippen LogP contribution in [0.2, 0.25) is 0 Å². The zero-order valence-corrected chi connectivity index (χ0v) is 41.2. The highest BCUT2D eigenvalue weighted by molar-refractivity contribution is 6.00. The van der Waals surface area contributed by atoms with Crippen molar-refractivity contribution < 1.29 is 0 Å². The molecule has 0 spiro atoms. The lowest BCUT2D eigenvalue weighted by atomic mass is 9.84. The molecule has 76 heavy (non-hydrogen) atoms. The fraction of sp³-hybridized carbons (Fsp3) is 0.0290. The summed E-state index contributed by atoms with van der Waals surface area (Å²) in [5.74, 6) is 1.34. The van der Waals surface area contributed by atoms with E-state index in [1.807, 2.05) is 0 Å². The molecule has 1 aliphatic carbocycles. The number of nitrogens with zero attached hydrogens (tertiary/aromatic N) is 7. The molecular formula is C69H45N7. The Labute approximate surface area is 438 Å². The van der Waals surface area contributed by atoms with Crippen molar-refractivity contribution in [3.8, 4) is 73.1 Å². The van der Waals surface area contributed by atoms with Crippen LogP contribution in [0.4, 0.5) is 0 Å². The number of benzene rings is 10. The number of rotatable bonds is 8. The van der Waals surface area contributed by atoms with Crippen molar-refractivity contribution in [2.75, 3.05) is 0 Å². The predicted octanol–water partition coefficient (Wildman–Crippen LogP) is 17.0. The van der Waals surface area contributed by atoms with Gasteiger partial charge in [0.1, 0.15) is 6.07 Å². The van der Waals surface area contributed by atoms with Crippen LogP contribution in [0.3, 0.4) is 0 Å². The highest BCUT2D eigenvalue weighted by atomic mass is 15.2. The first-order valence-corrected chi connectivity index (χ1v) is 25.8. The van der Waals surface area contributed by atoms with Crippen molar-refractivity contribution in [2.45, 2.75) is 12.3 Å². The van der Waals surface area contributed by atoms with Crippen molar-refractivity contribution in [2.24, 2.45) is 0 Å². The molecule has 15 rings (SSSR count). The Morgan fingerprint density at radius 3 is 1.26 bits per heavy atom. The van der Waals surface area contributed by atoms with Gasteiger partial charge < -0.3 is 0 Å².